The highest BCUT2D eigenvalue weighted by molar-refractivity contribution is 5.09. The van der Waals surface area contributed by atoms with Crippen molar-refractivity contribution in [1.82, 2.24) is 0 Å². The number of rotatable bonds is 1. The average molecular weight is 181 g/mol. The van der Waals surface area contributed by atoms with Gasteiger partial charge in [-0.25, -0.2) is 0 Å². The van der Waals surface area contributed by atoms with E-state index in [9.17, 15) is 0 Å². The second-order valence-corrected chi connectivity index (χ2v) is 5.73. The van der Waals surface area contributed by atoms with E-state index in [-0.39, 0.29) is 0 Å². The zero-order valence-corrected chi connectivity index (χ0v) is 10.1. The van der Waals surface area contributed by atoms with Crippen LogP contribution >= 0.6 is 0 Å². The molecule has 0 heteroatoms. The topological polar surface area (TPSA) is 0 Å². The van der Waals surface area contributed by atoms with Crippen LogP contribution < -0.4 is 0 Å². The molecule has 77 valence electrons. The van der Waals surface area contributed by atoms with E-state index in [1.807, 2.05) is 0 Å². The summed E-state index contributed by atoms with van der Waals surface area (Å²) in [5.41, 5.74) is 0.464. The maximum atomic E-state index is 2.43. The van der Waals surface area contributed by atoms with Gasteiger partial charge >= 0.3 is 0 Å². The summed E-state index contributed by atoms with van der Waals surface area (Å²) in [4.78, 5) is 0. The Kier molecular flexibility index (Phi) is 3.09. The first kappa shape index (κ1) is 11.1. The second kappa shape index (κ2) is 3.63. The Morgan fingerprint density at radius 3 is 2.23 bits per heavy atom. The molecule has 0 saturated heterocycles. The van der Waals surface area contributed by atoms with Gasteiger partial charge in [-0.2, -0.15) is 0 Å². The molecule has 0 aromatic heterocycles. The van der Waals surface area contributed by atoms with Gasteiger partial charge in [0, 0.05) is 0 Å². The Hall–Kier alpha value is 0. The van der Waals surface area contributed by atoms with E-state index in [1.165, 1.54) is 12.8 Å². The van der Waals surface area contributed by atoms with Crippen LogP contribution in [0.3, 0.4) is 0 Å². The van der Waals surface area contributed by atoms with Crippen molar-refractivity contribution in [2.75, 3.05) is 0 Å². The SMILES string of the molecule is C[C]1C(C)CCC(C(C)C)C1(C)C. The molecule has 1 fully saturated rings. The predicted molar refractivity (Wildman–Crippen MR) is 59.4 cm³/mol. The minimum atomic E-state index is 0.464. The van der Waals surface area contributed by atoms with Gasteiger partial charge in [0.1, 0.15) is 0 Å². The van der Waals surface area contributed by atoms with Crippen molar-refractivity contribution in [3.63, 3.8) is 0 Å². The Balaban J connectivity index is 2.79. The second-order valence-electron chi connectivity index (χ2n) is 5.73. The highest BCUT2D eigenvalue weighted by Gasteiger charge is 2.42. The monoisotopic (exact) mass is 181 g/mol. The Bertz CT molecular complexity index is 167. The molecule has 0 bridgehead atoms. The Labute approximate surface area is 84.1 Å². The summed E-state index contributed by atoms with van der Waals surface area (Å²) in [6.45, 7) is 14.4. The Morgan fingerprint density at radius 1 is 1.23 bits per heavy atom. The van der Waals surface area contributed by atoms with E-state index in [0.29, 0.717) is 5.41 Å². The molecule has 0 heterocycles. The van der Waals surface area contributed by atoms with E-state index < -0.39 is 0 Å². The first-order valence-electron chi connectivity index (χ1n) is 5.71. The minimum absolute atomic E-state index is 0.464. The van der Waals surface area contributed by atoms with Crippen LogP contribution in [0.25, 0.3) is 0 Å². The van der Waals surface area contributed by atoms with Gasteiger partial charge in [-0.05, 0) is 41.9 Å². The summed E-state index contributed by atoms with van der Waals surface area (Å²) in [5.74, 6) is 4.28. The van der Waals surface area contributed by atoms with Crippen molar-refractivity contribution in [1.29, 1.82) is 0 Å². The molecule has 0 aliphatic heterocycles. The van der Waals surface area contributed by atoms with Crippen LogP contribution in [0.4, 0.5) is 0 Å². The standard InChI is InChI=1S/C13H25/c1-9(2)12-8-7-10(3)11(4)13(12,5)6/h9-10,12H,7-8H2,1-6H3. The molecular formula is C13H25. The minimum Gasteiger partial charge on any atom is -0.0625 e. The maximum Gasteiger partial charge on any atom is -0.0185 e. The van der Waals surface area contributed by atoms with E-state index in [0.717, 1.165) is 17.8 Å². The van der Waals surface area contributed by atoms with Gasteiger partial charge in [-0.3, -0.25) is 0 Å². The van der Waals surface area contributed by atoms with Crippen LogP contribution in [0.1, 0.15) is 54.4 Å². The molecule has 1 aliphatic rings. The van der Waals surface area contributed by atoms with Crippen LogP contribution in [-0.2, 0) is 0 Å². The summed E-state index contributed by atoms with van der Waals surface area (Å²) < 4.78 is 0. The third kappa shape index (κ3) is 1.92. The van der Waals surface area contributed by atoms with Gasteiger partial charge < -0.3 is 0 Å². The summed E-state index contributed by atoms with van der Waals surface area (Å²) in [7, 11) is 0. The van der Waals surface area contributed by atoms with Crippen molar-refractivity contribution < 1.29 is 0 Å². The molecule has 0 amide bonds. The van der Waals surface area contributed by atoms with E-state index in [4.69, 9.17) is 0 Å². The van der Waals surface area contributed by atoms with Gasteiger partial charge in [0.15, 0.2) is 0 Å². The maximum absolute atomic E-state index is 2.43. The fraction of sp³-hybridized carbons (Fsp3) is 0.923. The molecule has 2 atom stereocenters. The molecule has 0 spiro atoms. The first-order chi connectivity index (χ1) is 5.87. The largest absolute Gasteiger partial charge is 0.0625 e. The zero-order chi connectivity index (χ0) is 10.2. The van der Waals surface area contributed by atoms with Crippen LogP contribution in [0.2, 0.25) is 0 Å². The third-order valence-electron chi connectivity index (χ3n) is 4.40. The third-order valence-corrected chi connectivity index (χ3v) is 4.40. The molecule has 1 radical (unpaired) electrons. The van der Waals surface area contributed by atoms with Gasteiger partial charge in [0.25, 0.3) is 0 Å². The van der Waals surface area contributed by atoms with Crippen molar-refractivity contribution >= 4 is 0 Å². The molecule has 1 saturated carbocycles. The lowest BCUT2D eigenvalue weighted by atomic mass is 9.56. The molecule has 0 N–H and O–H groups in total. The molecule has 1 aliphatic carbocycles. The zero-order valence-electron chi connectivity index (χ0n) is 10.1. The molecular weight excluding hydrogens is 156 g/mol. The van der Waals surface area contributed by atoms with Crippen molar-refractivity contribution in [2.45, 2.75) is 54.4 Å². The highest BCUT2D eigenvalue weighted by atomic mass is 14.5. The van der Waals surface area contributed by atoms with E-state index in [1.54, 1.807) is 5.92 Å². The van der Waals surface area contributed by atoms with Crippen molar-refractivity contribution in [3.8, 4) is 0 Å². The van der Waals surface area contributed by atoms with Crippen molar-refractivity contribution in [3.05, 3.63) is 5.92 Å². The molecule has 13 heavy (non-hydrogen) atoms. The lowest BCUT2D eigenvalue weighted by Gasteiger charge is -2.48. The van der Waals surface area contributed by atoms with Gasteiger partial charge in [-0.1, -0.05) is 41.5 Å². The number of hydrogen-bond acceptors (Lipinski definition) is 0. The molecule has 1 rings (SSSR count). The normalized spacial score (nSPS) is 35.3. The van der Waals surface area contributed by atoms with E-state index in [2.05, 4.69) is 41.5 Å². The fourth-order valence-corrected chi connectivity index (χ4v) is 3.10. The van der Waals surface area contributed by atoms with Gasteiger partial charge in [0.05, 0.1) is 0 Å². The van der Waals surface area contributed by atoms with Crippen LogP contribution in [0.15, 0.2) is 0 Å². The lowest BCUT2D eigenvalue weighted by Crippen LogP contribution is -2.40. The average Bonchev–Trinajstić information content (AvgIpc) is 1.99. The van der Waals surface area contributed by atoms with Gasteiger partial charge in [0.2, 0.25) is 0 Å². The van der Waals surface area contributed by atoms with Crippen molar-refractivity contribution in [2.24, 2.45) is 23.2 Å². The van der Waals surface area contributed by atoms with Crippen LogP contribution in [0.5, 0.6) is 0 Å². The summed E-state index contributed by atoms with van der Waals surface area (Å²) in [5, 5.41) is 0. The smallest absolute Gasteiger partial charge is 0.0185 e. The fourth-order valence-electron chi connectivity index (χ4n) is 3.10. The molecule has 0 aromatic carbocycles. The predicted octanol–water partition coefficient (Wildman–Crippen LogP) is 4.31. The molecule has 2 unspecified atom stereocenters. The summed E-state index contributed by atoms with van der Waals surface area (Å²) in [6.07, 6.45) is 2.82. The van der Waals surface area contributed by atoms with E-state index >= 15 is 0 Å². The van der Waals surface area contributed by atoms with Gasteiger partial charge in [-0.15, -0.1) is 0 Å². The Morgan fingerprint density at radius 2 is 1.77 bits per heavy atom. The lowest BCUT2D eigenvalue weighted by molar-refractivity contribution is 0.0961. The first-order valence-corrected chi connectivity index (χ1v) is 5.71. The molecule has 0 nitrogen and oxygen atoms in total. The summed E-state index contributed by atoms with van der Waals surface area (Å²) in [6, 6.07) is 0. The highest BCUT2D eigenvalue weighted by Crippen LogP contribution is 2.51. The quantitative estimate of drug-likeness (QED) is 0.565. The summed E-state index contributed by atoms with van der Waals surface area (Å²) >= 11 is 0. The number of hydrogen-bond donors (Lipinski definition) is 0. The van der Waals surface area contributed by atoms with Crippen LogP contribution in [0, 0.1) is 29.1 Å². The molecule has 0 aromatic rings. The van der Waals surface area contributed by atoms with Crippen LogP contribution in [-0.4, -0.2) is 0 Å².